The van der Waals surface area contributed by atoms with E-state index in [1.165, 1.54) is 0 Å². The first-order valence-electron chi connectivity index (χ1n) is 4.60. The molecule has 0 spiro atoms. The SMILES string of the molecule is CCCOC(OCCC)=C(C#N)C#N. The van der Waals surface area contributed by atoms with Gasteiger partial charge in [-0.25, -0.2) is 0 Å². The molecule has 0 heterocycles. The number of nitriles is 2. The van der Waals surface area contributed by atoms with E-state index in [1.807, 2.05) is 13.8 Å². The molecule has 0 aliphatic heterocycles. The molecule has 4 nitrogen and oxygen atoms in total. The summed E-state index contributed by atoms with van der Waals surface area (Å²) in [5, 5.41) is 17.2. The van der Waals surface area contributed by atoms with Crippen LogP contribution in [0.4, 0.5) is 0 Å². The number of ether oxygens (including phenoxy) is 2. The fourth-order valence-electron chi connectivity index (χ4n) is 0.692. The van der Waals surface area contributed by atoms with Gasteiger partial charge in [-0.1, -0.05) is 13.8 Å². The summed E-state index contributed by atoms with van der Waals surface area (Å²) >= 11 is 0. The molecule has 0 fully saturated rings. The molecule has 0 saturated carbocycles. The molecule has 0 amide bonds. The van der Waals surface area contributed by atoms with Gasteiger partial charge >= 0.3 is 5.95 Å². The Kier molecular flexibility index (Phi) is 6.99. The number of allylic oxidation sites excluding steroid dienone is 1. The Labute approximate surface area is 84.3 Å². The van der Waals surface area contributed by atoms with Crippen LogP contribution in [0.1, 0.15) is 26.7 Å². The third-order valence-electron chi connectivity index (χ3n) is 1.30. The molecule has 76 valence electrons. The van der Waals surface area contributed by atoms with E-state index < -0.39 is 0 Å². The van der Waals surface area contributed by atoms with E-state index in [0.29, 0.717) is 13.2 Å². The molecule has 0 unspecified atom stereocenters. The highest BCUT2D eigenvalue weighted by Crippen LogP contribution is 2.08. The van der Waals surface area contributed by atoms with Gasteiger partial charge in [0.15, 0.2) is 0 Å². The van der Waals surface area contributed by atoms with Gasteiger partial charge in [0.2, 0.25) is 5.57 Å². The topological polar surface area (TPSA) is 66.0 Å². The fraction of sp³-hybridized carbons (Fsp3) is 0.600. The van der Waals surface area contributed by atoms with E-state index in [-0.39, 0.29) is 11.5 Å². The van der Waals surface area contributed by atoms with Crippen LogP contribution in [0.25, 0.3) is 0 Å². The van der Waals surface area contributed by atoms with Crippen LogP contribution < -0.4 is 0 Å². The molecule has 0 saturated heterocycles. The lowest BCUT2D eigenvalue weighted by molar-refractivity contribution is 0.0342. The lowest BCUT2D eigenvalue weighted by Gasteiger charge is -2.09. The van der Waals surface area contributed by atoms with E-state index in [2.05, 4.69) is 0 Å². The summed E-state index contributed by atoms with van der Waals surface area (Å²) in [6.45, 7) is 4.78. The first kappa shape index (κ1) is 12.3. The fourth-order valence-corrected chi connectivity index (χ4v) is 0.692. The Morgan fingerprint density at radius 1 is 1.00 bits per heavy atom. The molecule has 0 aliphatic rings. The molecule has 0 aromatic heterocycles. The van der Waals surface area contributed by atoms with Gasteiger partial charge in [0.25, 0.3) is 0 Å². The van der Waals surface area contributed by atoms with Crippen LogP contribution in [0.5, 0.6) is 0 Å². The van der Waals surface area contributed by atoms with Gasteiger partial charge in [-0.05, 0) is 12.8 Å². The Morgan fingerprint density at radius 3 is 1.71 bits per heavy atom. The van der Waals surface area contributed by atoms with Crippen molar-refractivity contribution in [2.24, 2.45) is 0 Å². The largest absolute Gasteiger partial charge is 0.464 e. The van der Waals surface area contributed by atoms with Gasteiger partial charge in [0.1, 0.15) is 12.1 Å². The van der Waals surface area contributed by atoms with Crippen molar-refractivity contribution in [2.45, 2.75) is 26.7 Å². The predicted molar refractivity (Wildman–Crippen MR) is 50.7 cm³/mol. The first-order valence-corrected chi connectivity index (χ1v) is 4.60. The monoisotopic (exact) mass is 194 g/mol. The Balaban J connectivity index is 4.46. The van der Waals surface area contributed by atoms with Crippen molar-refractivity contribution in [3.63, 3.8) is 0 Å². The molecule has 0 radical (unpaired) electrons. The van der Waals surface area contributed by atoms with E-state index in [0.717, 1.165) is 12.8 Å². The van der Waals surface area contributed by atoms with Crippen LogP contribution >= 0.6 is 0 Å². The van der Waals surface area contributed by atoms with Gasteiger partial charge in [-0.2, -0.15) is 10.5 Å². The summed E-state index contributed by atoms with van der Waals surface area (Å²) in [5.74, 6) is 0.0544. The van der Waals surface area contributed by atoms with Crippen molar-refractivity contribution in [3.8, 4) is 12.1 Å². The number of nitrogens with zero attached hydrogens (tertiary/aromatic N) is 2. The maximum atomic E-state index is 8.60. The van der Waals surface area contributed by atoms with Crippen LogP contribution in [0.3, 0.4) is 0 Å². The van der Waals surface area contributed by atoms with Crippen LogP contribution in [-0.4, -0.2) is 13.2 Å². The molecule has 0 N–H and O–H groups in total. The van der Waals surface area contributed by atoms with E-state index >= 15 is 0 Å². The molecule has 0 rings (SSSR count). The van der Waals surface area contributed by atoms with E-state index in [9.17, 15) is 0 Å². The number of hydrogen-bond donors (Lipinski definition) is 0. The van der Waals surface area contributed by atoms with Gasteiger partial charge in [-0.3, -0.25) is 0 Å². The molecule has 4 heteroatoms. The van der Waals surface area contributed by atoms with Gasteiger partial charge in [0, 0.05) is 0 Å². The standard InChI is InChI=1S/C10H14N2O2/c1-3-5-13-10(14-6-4-2)9(7-11)8-12/h3-6H2,1-2H3. The number of rotatable bonds is 6. The second kappa shape index (κ2) is 7.94. The molecule has 0 aromatic rings. The zero-order valence-electron chi connectivity index (χ0n) is 8.54. The van der Waals surface area contributed by atoms with Crippen molar-refractivity contribution >= 4 is 0 Å². The zero-order valence-corrected chi connectivity index (χ0v) is 8.54. The smallest absolute Gasteiger partial charge is 0.308 e. The zero-order chi connectivity index (χ0) is 10.8. The second-order valence-corrected chi connectivity index (χ2v) is 2.58. The predicted octanol–water partition coefficient (Wildman–Crippen LogP) is 2.10. The lowest BCUT2D eigenvalue weighted by atomic mass is 10.3. The first-order chi connectivity index (χ1) is 6.79. The maximum Gasteiger partial charge on any atom is 0.308 e. The van der Waals surface area contributed by atoms with Crippen LogP contribution in [0, 0.1) is 22.7 Å². The van der Waals surface area contributed by atoms with Gasteiger partial charge < -0.3 is 9.47 Å². The van der Waals surface area contributed by atoms with Crippen molar-refractivity contribution in [2.75, 3.05) is 13.2 Å². The molecule has 0 aromatic carbocycles. The van der Waals surface area contributed by atoms with Crippen molar-refractivity contribution in [3.05, 3.63) is 11.5 Å². The minimum Gasteiger partial charge on any atom is -0.464 e. The van der Waals surface area contributed by atoms with Crippen molar-refractivity contribution in [1.82, 2.24) is 0 Å². The third-order valence-corrected chi connectivity index (χ3v) is 1.30. The van der Waals surface area contributed by atoms with E-state index in [4.69, 9.17) is 20.0 Å². The van der Waals surface area contributed by atoms with Crippen LogP contribution in [0.2, 0.25) is 0 Å². The summed E-state index contributed by atoms with van der Waals surface area (Å²) < 4.78 is 10.3. The summed E-state index contributed by atoms with van der Waals surface area (Å²) in [6.07, 6.45) is 1.62. The quantitative estimate of drug-likeness (QED) is 0.479. The average molecular weight is 194 g/mol. The Morgan fingerprint density at radius 2 is 1.43 bits per heavy atom. The molecule has 14 heavy (non-hydrogen) atoms. The van der Waals surface area contributed by atoms with Crippen LogP contribution in [-0.2, 0) is 9.47 Å². The van der Waals surface area contributed by atoms with Crippen molar-refractivity contribution < 1.29 is 9.47 Å². The van der Waals surface area contributed by atoms with Crippen LogP contribution in [0.15, 0.2) is 11.5 Å². The lowest BCUT2D eigenvalue weighted by Crippen LogP contribution is -2.03. The maximum absolute atomic E-state index is 8.60. The Bertz CT molecular complexity index is 245. The van der Waals surface area contributed by atoms with Crippen molar-refractivity contribution in [1.29, 1.82) is 10.5 Å². The van der Waals surface area contributed by atoms with Gasteiger partial charge in [-0.15, -0.1) is 0 Å². The normalized spacial score (nSPS) is 8.29. The summed E-state index contributed by atoms with van der Waals surface area (Å²) in [4.78, 5) is 0. The highest BCUT2D eigenvalue weighted by Gasteiger charge is 2.08. The molecule has 0 bridgehead atoms. The summed E-state index contributed by atoms with van der Waals surface area (Å²) in [6, 6.07) is 3.48. The summed E-state index contributed by atoms with van der Waals surface area (Å²) in [5.41, 5.74) is -0.105. The molecule has 0 aliphatic carbocycles. The highest BCUT2D eigenvalue weighted by molar-refractivity contribution is 5.35. The van der Waals surface area contributed by atoms with E-state index in [1.54, 1.807) is 12.1 Å². The summed E-state index contributed by atoms with van der Waals surface area (Å²) in [7, 11) is 0. The second-order valence-electron chi connectivity index (χ2n) is 2.58. The highest BCUT2D eigenvalue weighted by atomic mass is 16.7. The van der Waals surface area contributed by atoms with Gasteiger partial charge in [0.05, 0.1) is 13.2 Å². The number of hydrogen-bond acceptors (Lipinski definition) is 4. The molecular formula is C10H14N2O2. The average Bonchev–Trinajstić information content (AvgIpc) is 2.22. The minimum atomic E-state index is -0.105. The molecule has 0 atom stereocenters. The minimum absolute atomic E-state index is 0.0544. The third kappa shape index (κ3) is 4.37. The Hall–Kier alpha value is -1.68. The molecular weight excluding hydrogens is 180 g/mol.